The molecule has 5 nitrogen and oxygen atoms in total. The van der Waals surface area contributed by atoms with E-state index in [-0.39, 0.29) is 12.6 Å². The van der Waals surface area contributed by atoms with E-state index in [4.69, 9.17) is 5.11 Å². The van der Waals surface area contributed by atoms with Crippen LogP contribution in [0.25, 0.3) is 0 Å². The van der Waals surface area contributed by atoms with Crippen LogP contribution in [0.15, 0.2) is 11.1 Å². The molecule has 92 valence electrons. The molecule has 0 aromatic heterocycles. The number of carboxylic acid groups (broad SMARTS) is 1. The molecule has 0 aromatic rings. The zero-order valence-corrected chi connectivity index (χ0v) is 10.8. The van der Waals surface area contributed by atoms with Gasteiger partial charge in [-0.1, -0.05) is 35.9 Å². The van der Waals surface area contributed by atoms with Gasteiger partial charge in [0.1, 0.15) is 0 Å². The fourth-order valence-electron chi connectivity index (χ4n) is 1.12. The average molecular weight is 293 g/mol. The van der Waals surface area contributed by atoms with Crippen molar-refractivity contribution >= 4 is 27.9 Å². The SMILES string of the molecule is C=C(Br)CNC(=O)NCC(CCC)C(=O)O. The summed E-state index contributed by atoms with van der Waals surface area (Å²) in [4.78, 5) is 22.0. The van der Waals surface area contributed by atoms with Crippen LogP contribution >= 0.6 is 15.9 Å². The van der Waals surface area contributed by atoms with Crippen LogP contribution in [0.5, 0.6) is 0 Å². The Morgan fingerprint density at radius 3 is 2.50 bits per heavy atom. The molecule has 0 rings (SSSR count). The predicted molar refractivity (Wildman–Crippen MR) is 65.5 cm³/mol. The van der Waals surface area contributed by atoms with Gasteiger partial charge in [0, 0.05) is 11.0 Å². The number of nitrogens with one attached hydrogen (secondary N) is 2. The van der Waals surface area contributed by atoms with Crippen LogP contribution in [-0.2, 0) is 4.79 Å². The highest BCUT2D eigenvalue weighted by molar-refractivity contribution is 9.11. The topological polar surface area (TPSA) is 78.4 Å². The molecule has 16 heavy (non-hydrogen) atoms. The van der Waals surface area contributed by atoms with Crippen LogP contribution in [0.1, 0.15) is 19.8 Å². The van der Waals surface area contributed by atoms with Crippen LogP contribution in [0.3, 0.4) is 0 Å². The Hall–Kier alpha value is -1.04. The summed E-state index contributed by atoms with van der Waals surface area (Å²) in [5, 5.41) is 13.9. The lowest BCUT2D eigenvalue weighted by atomic mass is 10.0. The molecule has 0 aliphatic rings. The van der Waals surface area contributed by atoms with Crippen LogP contribution in [0.2, 0.25) is 0 Å². The first-order valence-electron chi connectivity index (χ1n) is 5.05. The van der Waals surface area contributed by atoms with Crippen molar-refractivity contribution in [3.8, 4) is 0 Å². The molecular weight excluding hydrogens is 276 g/mol. The summed E-state index contributed by atoms with van der Waals surface area (Å²) < 4.78 is 0.658. The van der Waals surface area contributed by atoms with Crippen LogP contribution in [-0.4, -0.2) is 30.2 Å². The average Bonchev–Trinajstić information content (AvgIpc) is 2.20. The molecule has 0 spiro atoms. The maximum absolute atomic E-state index is 11.2. The highest BCUT2D eigenvalue weighted by Crippen LogP contribution is 2.04. The lowest BCUT2D eigenvalue weighted by Crippen LogP contribution is -2.40. The molecule has 0 radical (unpaired) electrons. The summed E-state index contributed by atoms with van der Waals surface area (Å²) in [7, 11) is 0. The van der Waals surface area contributed by atoms with Crippen molar-refractivity contribution in [1.29, 1.82) is 0 Å². The Balaban J connectivity index is 3.87. The number of carboxylic acids is 1. The Bertz CT molecular complexity index is 269. The summed E-state index contributed by atoms with van der Waals surface area (Å²) in [6.45, 7) is 5.93. The zero-order chi connectivity index (χ0) is 12.6. The summed E-state index contributed by atoms with van der Waals surface area (Å²) in [6, 6.07) is -0.386. The van der Waals surface area contributed by atoms with Crippen molar-refractivity contribution in [3.05, 3.63) is 11.1 Å². The second-order valence-corrected chi connectivity index (χ2v) is 4.53. The van der Waals surface area contributed by atoms with Gasteiger partial charge < -0.3 is 15.7 Å². The molecule has 0 aliphatic carbocycles. The minimum atomic E-state index is -0.882. The lowest BCUT2D eigenvalue weighted by Gasteiger charge is -2.12. The number of carbonyl (C=O) groups excluding carboxylic acids is 1. The smallest absolute Gasteiger partial charge is 0.315 e. The maximum Gasteiger partial charge on any atom is 0.315 e. The standard InChI is InChI=1S/C10H17BrN2O3/c1-3-4-8(9(14)15)6-13-10(16)12-5-7(2)11/h8H,2-6H2,1H3,(H,14,15)(H2,12,13,16). The Labute approximate surface area is 103 Å². The number of aliphatic carboxylic acids is 1. The number of hydrogen-bond acceptors (Lipinski definition) is 2. The van der Waals surface area contributed by atoms with Gasteiger partial charge >= 0.3 is 12.0 Å². The fraction of sp³-hybridized carbons (Fsp3) is 0.600. The fourth-order valence-corrected chi connectivity index (χ4v) is 1.26. The summed E-state index contributed by atoms with van der Waals surface area (Å²) >= 11 is 3.10. The second-order valence-electron chi connectivity index (χ2n) is 3.40. The molecular formula is C10H17BrN2O3. The van der Waals surface area contributed by atoms with Crippen molar-refractivity contribution < 1.29 is 14.7 Å². The minimum absolute atomic E-state index is 0.143. The number of amides is 2. The maximum atomic E-state index is 11.2. The van der Waals surface area contributed by atoms with E-state index < -0.39 is 11.9 Å². The van der Waals surface area contributed by atoms with E-state index in [1.807, 2.05) is 6.92 Å². The predicted octanol–water partition coefficient (Wildman–Crippen LogP) is 1.70. The highest BCUT2D eigenvalue weighted by Gasteiger charge is 2.16. The van der Waals surface area contributed by atoms with Crippen LogP contribution < -0.4 is 10.6 Å². The number of halogens is 1. The molecule has 0 bridgehead atoms. The molecule has 0 aliphatic heterocycles. The third kappa shape index (κ3) is 7.28. The van der Waals surface area contributed by atoms with Gasteiger partial charge in [0.15, 0.2) is 0 Å². The first-order valence-corrected chi connectivity index (χ1v) is 5.84. The van der Waals surface area contributed by atoms with Crippen molar-refractivity contribution in [3.63, 3.8) is 0 Å². The third-order valence-electron chi connectivity index (χ3n) is 1.94. The van der Waals surface area contributed by atoms with Crippen molar-refractivity contribution in [2.75, 3.05) is 13.1 Å². The van der Waals surface area contributed by atoms with Gasteiger partial charge in [-0.3, -0.25) is 4.79 Å². The molecule has 0 aromatic carbocycles. The van der Waals surface area contributed by atoms with Gasteiger partial charge in [0.25, 0.3) is 0 Å². The number of carbonyl (C=O) groups is 2. The molecule has 0 fully saturated rings. The van der Waals surface area contributed by atoms with Gasteiger partial charge in [0.05, 0.1) is 12.5 Å². The van der Waals surface area contributed by atoms with Gasteiger partial charge in [-0.15, -0.1) is 0 Å². The van der Waals surface area contributed by atoms with Crippen molar-refractivity contribution in [2.45, 2.75) is 19.8 Å². The Morgan fingerprint density at radius 1 is 1.44 bits per heavy atom. The molecule has 0 saturated heterocycles. The van der Waals surface area contributed by atoms with E-state index in [0.717, 1.165) is 6.42 Å². The lowest BCUT2D eigenvalue weighted by molar-refractivity contribution is -0.141. The quantitative estimate of drug-likeness (QED) is 0.668. The van der Waals surface area contributed by atoms with Crippen molar-refractivity contribution in [1.82, 2.24) is 10.6 Å². The highest BCUT2D eigenvalue weighted by atomic mass is 79.9. The van der Waals surface area contributed by atoms with Crippen LogP contribution in [0, 0.1) is 5.92 Å². The summed E-state index contributed by atoms with van der Waals surface area (Å²) in [6.07, 6.45) is 1.33. The molecule has 0 heterocycles. The Morgan fingerprint density at radius 2 is 2.06 bits per heavy atom. The van der Waals surface area contributed by atoms with E-state index in [0.29, 0.717) is 17.4 Å². The van der Waals surface area contributed by atoms with E-state index in [1.54, 1.807) is 0 Å². The number of rotatable bonds is 7. The molecule has 0 saturated carbocycles. The molecule has 1 atom stereocenters. The van der Waals surface area contributed by atoms with Gasteiger partial charge in [-0.2, -0.15) is 0 Å². The van der Waals surface area contributed by atoms with E-state index in [1.165, 1.54) is 0 Å². The first-order chi connectivity index (χ1) is 7.47. The largest absolute Gasteiger partial charge is 0.481 e. The summed E-state index contributed by atoms with van der Waals surface area (Å²) in [5.74, 6) is -1.41. The normalized spacial score (nSPS) is 11.6. The number of urea groups is 1. The summed E-state index contributed by atoms with van der Waals surface area (Å²) in [5.41, 5.74) is 0. The first kappa shape index (κ1) is 15.0. The second kappa shape index (κ2) is 8.15. The van der Waals surface area contributed by atoms with Crippen molar-refractivity contribution in [2.24, 2.45) is 5.92 Å². The van der Waals surface area contributed by atoms with Gasteiger partial charge in [-0.25, -0.2) is 4.79 Å². The van der Waals surface area contributed by atoms with E-state index >= 15 is 0 Å². The molecule has 6 heteroatoms. The molecule has 2 amide bonds. The van der Waals surface area contributed by atoms with Crippen LogP contribution in [0.4, 0.5) is 4.79 Å². The van der Waals surface area contributed by atoms with Gasteiger partial charge in [-0.05, 0) is 6.42 Å². The Kier molecular flexibility index (Phi) is 7.62. The monoisotopic (exact) mass is 292 g/mol. The molecule has 3 N–H and O–H groups in total. The number of hydrogen-bond donors (Lipinski definition) is 3. The minimum Gasteiger partial charge on any atom is -0.481 e. The van der Waals surface area contributed by atoms with Gasteiger partial charge in [0.2, 0.25) is 0 Å². The van der Waals surface area contributed by atoms with E-state index in [2.05, 4.69) is 33.1 Å². The molecule has 1 unspecified atom stereocenters. The zero-order valence-electron chi connectivity index (χ0n) is 9.25. The third-order valence-corrected chi connectivity index (χ3v) is 2.22. The van der Waals surface area contributed by atoms with E-state index in [9.17, 15) is 9.59 Å².